The largest absolute Gasteiger partial charge is 0.377 e. The smallest absolute Gasteiger partial charge is 0.255 e. The zero-order valence-electron chi connectivity index (χ0n) is 13.4. The van der Waals surface area contributed by atoms with Crippen LogP contribution in [0, 0.1) is 0 Å². The van der Waals surface area contributed by atoms with Gasteiger partial charge >= 0.3 is 0 Å². The summed E-state index contributed by atoms with van der Waals surface area (Å²) in [6, 6.07) is 24.2. The lowest BCUT2D eigenvalue weighted by Gasteiger charge is -2.21. The maximum Gasteiger partial charge on any atom is 0.255 e. The predicted molar refractivity (Wildman–Crippen MR) is 97.3 cm³/mol. The summed E-state index contributed by atoms with van der Waals surface area (Å²) in [6.45, 7) is 0. The lowest BCUT2D eigenvalue weighted by Crippen LogP contribution is -2.31. The molecule has 0 aliphatic carbocycles. The molecule has 1 amide bonds. The average Bonchev–Trinajstić information content (AvgIpc) is 3.00. The molecule has 0 bridgehead atoms. The van der Waals surface area contributed by atoms with Crippen molar-refractivity contribution in [1.29, 1.82) is 0 Å². The highest BCUT2D eigenvalue weighted by molar-refractivity contribution is 6.04. The number of rotatable bonds is 3. The number of nitrogens with zero attached hydrogens (tertiary/aromatic N) is 1. The number of carbonyl (C=O) groups excluding carboxylic acids is 1. The molecule has 124 valence electrons. The van der Waals surface area contributed by atoms with Crippen LogP contribution in [0.4, 0.5) is 11.4 Å². The summed E-state index contributed by atoms with van der Waals surface area (Å²) in [5, 5.41) is 4.54. The van der Waals surface area contributed by atoms with E-state index in [1.165, 1.54) is 0 Å². The van der Waals surface area contributed by atoms with E-state index in [-0.39, 0.29) is 12.1 Å². The highest BCUT2D eigenvalue weighted by Gasteiger charge is 2.29. The predicted octanol–water partition coefficient (Wildman–Crippen LogP) is 3.71. The van der Waals surface area contributed by atoms with Crippen LogP contribution in [-0.4, -0.2) is 5.91 Å². The zero-order valence-corrected chi connectivity index (χ0v) is 13.4. The first-order valence-corrected chi connectivity index (χ1v) is 8.00. The first-order valence-electron chi connectivity index (χ1n) is 8.00. The van der Waals surface area contributed by atoms with E-state index < -0.39 is 0 Å². The van der Waals surface area contributed by atoms with Crippen molar-refractivity contribution in [2.45, 2.75) is 6.17 Å². The van der Waals surface area contributed by atoms with Crippen molar-refractivity contribution in [2.75, 3.05) is 10.4 Å². The molecular formula is C20H17N3O2. The number of hydrogen-bond donors (Lipinski definition) is 2. The van der Waals surface area contributed by atoms with Crippen molar-refractivity contribution in [3.05, 3.63) is 90.0 Å². The van der Waals surface area contributed by atoms with Crippen LogP contribution in [0.3, 0.4) is 0 Å². The number of hydroxylamine groups is 1. The van der Waals surface area contributed by atoms with Gasteiger partial charge < -0.3 is 15.9 Å². The average molecular weight is 331 g/mol. The van der Waals surface area contributed by atoms with Crippen molar-refractivity contribution in [3.8, 4) is 5.75 Å². The number of benzene rings is 3. The Morgan fingerprint density at radius 3 is 2.32 bits per heavy atom. The molecule has 0 saturated carbocycles. The van der Waals surface area contributed by atoms with Gasteiger partial charge in [-0.25, -0.2) is 0 Å². The number of hydrogen-bond acceptors (Lipinski definition) is 4. The van der Waals surface area contributed by atoms with Gasteiger partial charge in [-0.05, 0) is 42.5 Å². The highest BCUT2D eigenvalue weighted by Crippen LogP contribution is 2.37. The first kappa shape index (κ1) is 15.2. The van der Waals surface area contributed by atoms with E-state index in [0.29, 0.717) is 11.3 Å². The third-order valence-corrected chi connectivity index (χ3v) is 4.10. The minimum absolute atomic E-state index is 0.144. The lowest BCUT2D eigenvalue weighted by atomic mass is 10.1. The topological polar surface area (TPSA) is 67.6 Å². The second-order valence-electron chi connectivity index (χ2n) is 5.77. The van der Waals surface area contributed by atoms with Gasteiger partial charge in [-0.2, -0.15) is 5.06 Å². The van der Waals surface area contributed by atoms with Gasteiger partial charge in [-0.1, -0.05) is 36.4 Å². The van der Waals surface area contributed by atoms with Crippen LogP contribution >= 0.6 is 0 Å². The Kier molecular flexibility index (Phi) is 3.84. The molecule has 1 aliphatic rings. The van der Waals surface area contributed by atoms with Gasteiger partial charge in [0.05, 0.1) is 5.69 Å². The lowest BCUT2D eigenvalue weighted by molar-refractivity contribution is 0.102. The summed E-state index contributed by atoms with van der Waals surface area (Å²) in [4.78, 5) is 18.0. The molecule has 0 spiro atoms. The van der Waals surface area contributed by atoms with Gasteiger partial charge in [0, 0.05) is 16.8 Å². The monoisotopic (exact) mass is 331 g/mol. The van der Waals surface area contributed by atoms with Crippen molar-refractivity contribution < 1.29 is 9.63 Å². The summed E-state index contributed by atoms with van der Waals surface area (Å²) in [6.07, 6.45) is -0.360. The SMILES string of the molecule is NC1c2ccccc2ON1c1ccc(NC(=O)c2ccccc2)cc1. The molecule has 1 aliphatic heterocycles. The fourth-order valence-corrected chi connectivity index (χ4v) is 2.79. The van der Waals surface area contributed by atoms with Gasteiger partial charge in [-0.3, -0.25) is 4.79 Å². The molecule has 1 heterocycles. The molecule has 3 N–H and O–H groups in total. The molecular weight excluding hydrogens is 314 g/mol. The van der Waals surface area contributed by atoms with E-state index in [4.69, 9.17) is 10.6 Å². The molecule has 3 aromatic rings. The Morgan fingerprint density at radius 2 is 1.60 bits per heavy atom. The third kappa shape index (κ3) is 2.93. The number of anilines is 2. The minimum atomic E-state index is -0.360. The molecule has 0 radical (unpaired) electrons. The Hall–Kier alpha value is -3.31. The number of carbonyl (C=O) groups is 1. The molecule has 4 rings (SSSR count). The van der Waals surface area contributed by atoms with Gasteiger partial charge in [0.25, 0.3) is 5.91 Å². The summed E-state index contributed by atoms with van der Waals surface area (Å²) in [5.74, 6) is 0.617. The maximum atomic E-state index is 12.2. The third-order valence-electron chi connectivity index (χ3n) is 4.10. The van der Waals surface area contributed by atoms with Crippen LogP contribution in [0.15, 0.2) is 78.9 Å². The van der Waals surface area contributed by atoms with E-state index in [2.05, 4.69) is 5.32 Å². The highest BCUT2D eigenvalue weighted by atomic mass is 16.7. The van der Waals surface area contributed by atoms with E-state index in [9.17, 15) is 4.79 Å². The molecule has 1 unspecified atom stereocenters. The molecule has 3 aromatic carbocycles. The van der Waals surface area contributed by atoms with E-state index in [1.807, 2.05) is 66.7 Å². The molecule has 0 fully saturated rings. The molecule has 5 nitrogen and oxygen atoms in total. The minimum Gasteiger partial charge on any atom is -0.377 e. The Balaban J connectivity index is 1.49. The number of para-hydroxylation sites is 1. The van der Waals surface area contributed by atoms with Crippen LogP contribution in [-0.2, 0) is 0 Å². The van der Waals surface area contributed by atoms with Crippen LogP contribution < -0.4 is 21.0 Å². The fraction of sp³-hybridized carbons (Fsp3) is 0.0500. The molecule has 0 aromatic heterocycles. The molecule has 1 atom stereocenters. The summed E-state index contributed by atoms with van der Waals surface area (Å²) >= 11 is 0. The number of amides is 1. The van der Waals surface area contributed by atoms with Crippen LogP contribution in [0.2, 0.25) is 0 Å². The van der Waals surface area contributed by atoms with Crippen molar-refractivity contribution in [2.24, 2.45) is 5.73 Å². The van der Waals surface area contributed by atoms with Gasteiger partial charge in [0.2, 0.25) is 0 Å². The zero-order chi connectivity index (χ0) is 17.2. The second kappa shape index (κ2) is 6.30. The Bertz CT molecular complexity index is 894. The second-order valence-corrected chi connectivity index (χ2v) is 5.77. The van der Waals surface area contributed by atoms with E-state index in [1.54, 1.807) is 17.2 Å². The normalized spacial score (nSPS) is 15.4. The Labute approximate surface area is 145 Å². The summed E-state index contributed by atoms with van der Waals surface area (Å²) < 4.78 is 0. The van der Waals surface area contributed by atoms with Crippen LogP contribution in [0.1, 0.15) is 22.1 Å². The molecule has 25 heavy (non-hydrogen) atoms. The van der Waals surface area contributed by atoms with Gasteiger partial charge in [0.1, 0.15) is 6.17 Å². The van der Waals surface area contributed by atoms with E-state index >= 15 is 0 Å². The van der Waals surface area contributed by atoms with Crippen LogP contribution in [0.5, 0.6) is 5.75 Å². The van der Waals surface area contributed by atoms with Gasteiger partial charge in [-0.15, -0.1) is 0 Å². The summed E-state index contributed by atoms with van der Waals surface area (Å²) in [7, 11) is 0. The van der Waals surface area contributed by atoms with Crippen molar-refractivity contribution in [3.63, 3.8) is 0 Å². The van der Waals surface area contributed by atoms with Gasteiger partial charge in [0.15, 0.2) is 5.75 Å². The molecule has 5 heteroatoms. The van der Waals surface area contributed by atoms with Crippen LogP contribution in [0.25, 0.3) is 0 Å². The quantitative estimate of drug-likeness (QED) is 0.768. The first-order chi connectivity index (χ1) is 12.2. The number of fused-ring (bicyclic) bond motifs is 1. The van der Waals surface area contributed by atoms with E-state index in [0.717, 1.165) is 17.0 Å². The van der Waals surface area contributed by atoms with Crippen molar-refractivity contribution >= 4 is 17.3 Å². The number of nitrogens with two attached hydrogens (primary N) is 1. The maximum absolute atomic E-state index is 12.2. The standard InChI is InChI=1S/C20H17N3O2/c21-19-17-8-4-5-9-18(17)25-23(19)16-12-10-15(11-13-16)22-20(24)14-6-2-1-3-7-14/h1-13,19H,21H2,(H,22,24). The van der Waals surface area contributed by atoms with Crippen molar-refractivity contribution in [1.82, 2.24) is 0 Å². The molecule has 0 saturated heterocycles. The summed E-state index contributed by atoms with van der Waals surface area (Å²) in [5.41, 5.74) is 9.35. The Morgan fingerprint density at radius 1 is 0.920 bits per heavy atom. The fourth-order valence-electron chi connectivity index (χ4n) is 2.79. The number of nitrogens with one attached hydrogen (secondary N) is 1.